The average Bonchev–Trinajstić information content (AvgIpc) is 2.95. The normalized spacial score (nSPS) is 16.5. The molecule has 0 bridgehead atoms. The summed E-state index contributed by atoms with van der Waals surface area (Å²) >= 11 is 0. The van der Waals surface area contributed by atoms with E-state index < -0.39 is 0 Å². The molecule has 1 aromatic rings. The van der Waals surface area contributed by atoms with Gasteiger partial charge in [-0.2, -0.15) is 0 Å². The van der Waals surface area contributed by atoms with Gasteiger partial charge in [-0.15, -0.1) is 0 Å². The van der Waals surface area contributed by atoms with E-state index >= 15 is 0 Å². The molecule has 1 fully saturated rings. The maximum absolute atomic E-state index is 5.72. The third-order valence-corrected chi connectivity index (χ3v) is 3.71. The monoisotopic (exact) mass is 291 g/mol. The molecule has 4 nitrogen and oxygen atoms in total. The van der Waals surface area contributed by atoms with Crippen LogP contribution in [0, 0.1) is 0 Å². The maximum Gasteiger partial charge on any atom is 0.0888 e. The number of nitrogens with one attached hydrogen (secondary N) is 1. The Morgan fingerprint density at radius 3 is 2.62 bits per heavy atom. The summed E-state index contributed by atoms with van der Waals surface area (Å²) < 4.78 is 5.72. The van der Waals surface area contributed by atoms with Crippen molar-refractivity contribution in [3.05, 3.63) is 29.6 Å². The Morgan fingerprint density at radius 1 is 1.24 bits per heavy atom. The van der Waals surface area contributed by atoms with E-state index in [1.807, 2.05) is 6.20 Å². The van der Waals surface area contributed by atoms with Gasteiger partial charge in [-0.3, -0.25) is 4.98 Å². The van der Waals surface area contributed by atoms with Gasteiger partial charge < -0.3 is 15.0 Å². The first-order chi connectivity index (χ1) is 10.0. The second-order valence-electron chi connectivity index (χ2n) is 6.86. The van der Waals surface area contributed by atoms with Gasteiger partial charge in [0.15, 0.2) is 0 Å². The third-order valence-electron chi connectivity index (χ3n) is 3.71. The number of aromatic nitrogens is 1. The van der Waals surface area contributed by atoms with Crippen LogP contribution in [0.3, 0.4) is 0 Å². The van der Waals surface area contributed by atoms with Crippen LogP contribution in [0.25, 0.3) is 0 Å². The molecule has 2 rings (SSSR count). The Balaban J connectivity index is 1.64. The fourth-order valence-electron chi connectivity index (χ4n) is 2.39. The molecule has 21 heavy (non-hydrogen) atoms. The fraction of sp³-hybridized carbons (Fsp3) is 0.706. The molecule has 0 aromatic carbocycles. The molecule has 0 saturated carbocycles. The van der Waals surface area contributed by atoms with Crippen molar-refractivity contribution >= 4 is 0 Å². The van der Waals surface area contributed by atoms with E-state index in [2.05, 4.69) is 48.1 Å². The predicted molar refractivity (Wildman–Crippen MR) is 86.2 cm³/mol. The molecule has 1 aromatic heterocycles. The lowest BCUT2D eigenvalue weighted by atomic mass is 10.1. The molecule has 0 spiro atoms. The minimum absolute atomic E-state index is 0.136. The Kier molecular flexibility index (Phi) is 6.15. The van der Waals surface area contributed by atoms with Crippen molar-refractivity contribution in [3.63, 3.8) is 0 Å². The van der Waals surface area contributed by atoms with Crippen molar-refractivity contribution in [2.45, 2.75) is 52.3 Å². The van der Waals surface area contributed by atoms with Gasteiger partial charge in [0.2, 0.25) is 0 Å². The minimum atomic E-state index is 0.136. The van der Waals surface area contributed by atoms with Crippen molar-refractivity contribution in [1.29, 1.82) is 0 Å². The predicted octanol–water partition coefficient (Wildman–Crippen LogP) is 2.58. The summed E-state index contributed by atoms with van der Waals surface area (Å²) in [5.74, 6) is 0. The van der Waals surface area contributed by atoms with Crippen molar-refractivity contribution in [1.82, 2.24) is 15.2 Å². The number of rotatable bonds is 7. The van der Waals surface area contributed by atoms with Gasteiger partial charge in [0.25, 0.3) is 0 Å². The quantitative estimate of drug-likeness (QED) is 0.784. The van der Waals surface area contributed by atoms with Crippen LogP contribution in [0.4, 0.5) is 0 Å². The third kappa shape index (κ3) is 6.55. The van der Waals surface area contributed by atoms with Crippen molar-refractivity contribution in [2.24, 2.45) is 0 Å². The SMILES string of the molecule is CC(C)(C)NCc1ccc(COCCN2CCCC2)nc1. The first kappa shape index (κ1) is 16.4. The van der Waals surface area contributed by atoms with Crippen molar-refractivity contribution < 1.29 is 4.74 Å². The number of nitrogens with zero attached hydrogens (tertiary/aromatic N) is 2. The summed E-state index contributed by atoms with van der Waals surface area (Å²) in [7, 11) is 0. The average molecular weight is 291 g/mol. The van der Waals surface area contributed by atoms with Gasteiger partial charge in [-0.25, -0.2) is 0 Å². The Hall–Kier alpha value is -0.970. The standard InChI is InChI=1S/C17H29N3O/c1-17(2,3)19-13-15-6-7-16(18-12-15)14-21-11-10-20-8-4-5-9-20/h6-7,12,19H,4-5,8-11,13-14H2,1-3H3. The van der Waals surface area contributed by atoms with Crippen LogP contribution in [-0.2, 0) is 17.9 Å². The number of pyridine rings is 1. The van der Waals surface area contributed by atoms with E-state index in [1.165, 1.54) is 31.5 Å². The lowest BCUT2D eigenvalue weighted by Gasteiger charge is -2.20. The zero-order chi connectivity index (χ0) is 15.1. The molecule has 118 valence electrons. The molecule has 1 aliphatic heterocycles. The highest BCUT2D eigenvalue weighted by Crippen LogP contribution is 2.07. The highest BCUT2D eigenvalue weighted by atomic mass is 16.5. The summed E-state index contributed by atoms with van der Waals surface area (Å²) in [6.45, 7) is 12.3. The molecule has 0 unspecified atom stereocenters. The molecule has 1 N–H and O–H groups in total. The van der Waals surface area contributed by atoms with E-state index in [4.69, 9.17) is 4.74 Å². The van der Waals surface area contributed by atoms with Crippen LogP contribution < -0.4 is 5.32 Å². The molecule has 2 heterocycles. The second kappa shape index (κ2) is 7.87. The van der Waals surface area contributed by atoms with Crippen LogP contribution in [0.5, 0.6) is 0 Å². The molecule has 4 heteroatoms. The highest BCUT2D eigenvalue weighted by Gasteiger charge is 2.10. The van der Waals surface area contributed by atoms with Crippen LogP contribution in [0.2, 0.25) is 0 Å². The molecular weight excluding hydrogens is 262 g/mol. The van der Waals surface area contributed by atoms with Gasteiger partial charge in [0.1, 0.15) is 0 Å². The molecule has 1 saturated heterocycles. The van der Waals surface area contributed by atoms with Gasteiger partial charge in [0, 0.05) is 24.8 Å². The van der Waals surface area contributed by atoms with E-state index in [1.54, 1.807) is 0 Å². The van der Waals surface area contributed by atoms with Gasteiger partial charge in [-0.05, 0) is 58.3 Å². The lowest BCUT2D eigenvalue weighted by molar-refractivity contribution is 0.0971. The molecule has 0 radical (unpaired) electrons. The Morgan fingerprint density at radius 2 is 2.00 bits per heavy atom. The fourth-order valence-corrected chi connectivity index (χ4v) is 2.39. The summed E-state index contributed by atoms with van der Waals surface area (Å²) in [5, 5.41) is 3.46. The Bertz CT molecular complexity index is 405. The molecule has 0 aliphatic carbocycles. The summed E-state index contributed by atoms with van der Waals surface area (Å²) in [6.07, 6.45) is 4.62. The smallest absolute Gasteiger partial charge is 0.0888 e. The minimum Gasteiger partial charge on any atom is -0.374 e. The van der Waals surface area contributed by atoms with E-state index in [9.17, 15) is 0 Å². The van der Waals surface area contributed by atoms with E-state index in [0.29, 0.717) is 6.61 Å². The van der Waals surface area contributed by atoms with Gasteiger partial charge >= 0.3 is 0 Å². The van der Waals surface area contributed by atoms with Crippen molar-refractivity contribution in [2.75, 3.05) is 26.2 Å². The zero-order valence-electron chi connectivity index (χ0n) is 13.7. The number of likely N-dealkylation sites (tertiary alicyclic amines) is 1. The van der Waals surface area contributed by atoms with E-state index in [-0.39, 0.29) is 5.54 Å². The zero-order valence-corrected chi connectivity index (χ0v) is 13.7. The lowest BCUT2D eigenvalue weighted by Crippen LogP contribution is -2.35. The summed E-state index contributed by atoms with van der Waals surface area (Å²) in [4.78, 5) is 6.94. The van der Waals surface area contributed by atoms with Gasteiger partial charge in [0.05, 0.1) is 18.9 Å². The summed E-state index contributed by atoms with van der Waals surface area (Å²) in [6, 6.07) is 4.19. The van der Waals surface area contributed by atoms with Gasteiger partial charge in [-0.1, -0.05) is 6.07 Å². The van der Waals surface area contributed by atoms with Crippen molar-refractivity contribution in [3.8, 4) is 0 Å². The first-order valence-electron chi connectivity index (χ1n) is 8.02. The molecule has 0 amide bonds. The molecule has 0 atom stereocenters. The number of hydrogen-bond donors (Lipinski definition) is 1. The maximum atomic E-state index is 5.72. The molecule has 1 aliphatic rings. The van der Waals surface area contributed by atoms with E-state index in [0.717, 1.165) is 25.4 Å². The second-order valence-corrected chi connectivity index (χ2v) is 6.86. The number of hydrogen-bond acceptors (Lipinski definition) is 4. The summed E-state index contributed by atoms with van der Waals surface area (Å²) in [5.41, 5.74) is 2.36. The number of ether oxygens (including phenoxy) is 1. The largest absolute Gasteiger partial charge is 0.374 e. The van der Waals surface area contributed by atoms with Crippen LogP contribution in [0.1, 0.15) is 44.9 Å². The highest BCUT2D eigenvalue weighted by molar-refractivity contribution is 5.13. The molecular formula is C17H29N3O. The van der Waals surface area contributed by atoms with Crippen LogP contribution >= 0.6 is 0 Å². The van der Waals surface area contributed by atoms with Crippen LogP contribution in [-0.4, -0.2) is 41.7 Å². The first-order valence-corrected chi connectivity index (χ1v) is 8.02. The topological polar surface area (TPSA) is 37.4 Å². The van der Waals surface area contributed by atoms with Crippen LogP contribution in [0.15, 0.2) is 18.3 Å². The Labute approximate surface area is 128 Å².